The maximum Gasteiger partial charge on any atom is 0.337 e. The molecule has 1 aromatic carbocycles. The van der Waals surface area contributed by atoms with Crippen LogP contribution in [0.5, 0.6) is 0 Å². The molecule has 0 unspecified atom stereocenters. The van der Waals surface area contributed by atoms with Crippen molar-refractivity contribution in [3.05, 3.63) is 28.2 Å². The van der Waals surface area contributed by atoms with Gasteiger partial charge in [0, 0.05) is 11.5 Å². The first kappa shape index (κ1) is 11.5. The van der Waals surface area contributed by atoms with Crippen molar-refractivity contribution in [3.63, 3.8) is 0 Å². The molecule has 0 aromatic heterocycles. The highest BCUT2D eigenvalue weighted by atomic mass is 79.9. The molecule has 1 rings (SSSR count). The number of aromatic carboxylic acids is 1. The van der Waals surface area contributed by atoms with Crippen molar-refractivity contribution in [1.29, 1.82) is 0 Å². The minimum atomic E-state index is -1.09. The van der Waals surface area contributed by atoms with E-state index in [9.17, 15) is 9.59 Å². The van der Waals surface area contributed by atoms with E-state index in [1.165, 1.54) is 19.2 Å². The third-order valence-corrected chi connectivity index (χ3v) is 2.18. The van der Waals surface area contributed by atoms with Crippen LogP contribution in [0.15, 0.2) is 22.7 Å². The lowest BCUT2D eigenvalue weighted by Gasteiger charge is -2.08. The average Bonchev–Trinajstić information content (AvgIpc) is 2.17. The van der Waals surface area contributed by atoms with E-state index in [1.54, 1.807) is 6.07 Å². The Hall–Kier alpha value is -1.56. The van der Waals surface area contributed by atoms with Crippen LogP contribution in [0.4, 0.5) is 10.5 Å². The molecule has 0 bridgehead atoms. The monoisotopic (exact) mass is 272 g/mol. The number of nitrogens with one attached hydrogen (secondary N) is 2. The van der Waals surface area contributed by atoms with Crippen LogP contribution in [-0.4, -0.2) is 24.2 Å². The fraction of sp³-hybridized carbons (Fsp3) is 0.111. The third kappa shape index (κ3) is 2.95. The van der Waals surface area contributed by atoms with Gasteiger partial charge in [0.25, 0.3) is 0 Å². The van der Waals surface area contributed by atoms with E-state index in [0.717, 1.165) is 0 Å². The summed E-state index contributed by atoms with van der Waals surface area (Å²) in [4.78, 5) is 21.9. The normalized spacial score (nSPS) is 9.47. The Bertz CT molecular complexity index is 406. The zero-order valence-electron chi connectivity index (χ0n) is 7.87. The van der Waals surface area contributed by atoms with E-state index in [0.29, 0.717) is 4.47 Å². The number of carbonyl (C=O) groups excluding carboxylic acids is 1. The summed E-state index contributed by atoms with van der Waals surface area (Å²) in [6.07, 6.45) is 0. The number of carbonyl (C=O) groups is 2. The van der Waals surface area contributed by atoms with Gasteiger partial charge in [-0.05, 0) is 18.2 Å². The van der Waals surface area contributed by atoms with Gasteiger partial charge >= 0.3 is 12.0 Å². The minimum absolute atomic E-state index is 0.0433. The summed E-state index contributed by atoms with van der Waals surface area (Å²) in [7, 11) is 1.45. The molecule has 0 saturated carbocycles. The summed E-state index contributed by atoms with van der Waals surface area (Å²) in [6.45, 7) is 0. The molecule has 3 N–H and O–H groups in total. The highest BCUT2D eigenvalue weighted by molar-refractivity contribution is 9.10. The van der Waals surface area contributed by atoms with Crippen LogP contribution in [0.1, 0.15) is 10.4 Å². The smallest absolute Gasteiger partial charge is 0.337 e. The molecule has 0 aliphatic heterocycles. The van der Waals surface area contributed by atoms with Crippen molar-refractivity contribution >= 4 is 33.6 Å². The number of hydrogen-bond acceptors (Lipinski definition) is 2. The van der Waals surface area contributed by atoms with E-state index >= 15 is 0 Å². The molecule has 2 amide bonds. The van der Waals surface area contributed by atoms with Gasteiger partial charge in [0.1, 0.15) is 0 Å². The van der Waals surface area contributed by atoms with Crippen molar-refractivity contribution < 1.29 is 14.7 Å². The van der Waals surface area contributed by atoms with E-state index in [4.69, 9.17) is 5.11 Å². The number of anilines is 1. The number of hydrogen-bond donors (Lipinski definition) is 3. The van der Waals surface area contributed by atoms with Gasteiger partial charge in [0.05, 0.1) is 11.3 Å². The van der Waals surface area contributed by atoms with Gasteiger partial charge in [-0.25, -0.2) is 9.59 Å². The number of halogens is 1. The van der Waals surface area contributed by atoms with Gasteiger partial charge in [-0.15, -0.1) is 0 Å². The molecular formula is C9H9BrN2O3. The molecule has 0 atom stereocenters. The zero-order chi connectivity index (χ0) is 11.4. The zero-order valence-corrected chi connectivity index (χ0v) is 9.46. The number of amides is 2. The summed E-state index contributed by atoms with van der Waals surface area (Å²) in [5.74, 6) is -1.09. The van der Waals surface area contributed by atoms with Crippen molar-refractivity contribution in [3.8, 4) is 0 Å². The molecule has 0 heterocycles. The Morgan fingerprint density at radius 3 is 2.60 bits per heavy atom. The molecule has 0 fully saturated rings. The fourth-order valence-electron chi connectivity index (χ4n) is 0.991. The number of benzene rings is 1. The van der Waals surface area contributed by atoms with Gasteiger partial charge in [-0.1, -0.05) is 15.9 Å². The molecule has 0 saturated heterocycles. The fourth-order valence-corrected chi connectivity index (χ4v) is 1.35. The van der Waals surface area contributed by atoms with Crippen molar-refractivity contribution in [1.82, 2.24) is 5.32 Å². The van der Waals surface area contributed by atoms with Gasteiger partial charge in [0.15, 0.2) is 0 Å². The van der Waals surface area contributed by atoms with E-state index < -0.39 is 12.0 Å². The van der Waals surface area contributed by atoms with Gasteiger partial charge in [-0.3, -0.25) is 0 Å². The van der Waals surface area contributed by atoms with Crippen LogP contribution < -0.4 is 10.6 Å². The first-order valence-electron chi connectivity index (χ1n) is 4.06. The second kappa shape index (κ2) is 4.79. The first-order chi connectivity index (χ1) is 7.04. The lowest BCUT2D eigenvalue weighted by atomic mass is 10.2. The Morgan fingerprint density at radius 1 is 1.40 bits per heavy atom. The SMILES string of the molecule is CNC(=O)Nc1cc(Br)ccc1C(=O)O. The van der Waals surface area contributed by atoms with Crippen LogP contribution in [0.25, 0.3) is 0 Å². The van der Waals surface area contributed by atoms with E-state index in [-0.39, 0.29) is 11.3 Å². The standard InChI is InChI=1S/C9H9BrN2O3/c1-11-9(15)12-7-4-5(10)2-3-6(7)8(13)14/h2-4H,1H3,(H,13,14)(H2,11,12,15). The number of urea groups is 1. The molecule has 0 aliphatic carbocycles. The Kier molecular flexibility index (Phi) is 3.68. The van der Waals surface area contributed by atoms with Gasteiger partial charge in [0.2, 0.25) is 0 Å². The second-order valence-corrected chi connectivity index (χ2v) is 3.61. The summed E-state index contributed by atoms with van der Waals surface area (Å²) < 4.78 is 0.693. The third-order valence-electron chi connectivity index (χ3n) is 1.69. The number of carboxylic acids is 1. The number of carboxylic acid groups (broad SMARTS) is 1. The van der Waals surface area contributed by atoms with Crippen molar-refractivity contribution in [2.24, 2.45) is 0 Å². The van der Waals surface area contributed by atoms with Crippen LogP contribution in [0.3, 0.4) is 0 Å². The van der Waals surface area contributed by atoms with Gasteiger partial charge in [-0.2, -0.15) is 0 Å². The summed E-state index contributed by atoms with van der Waals surface area (Å²) in [5.41, 5.74) is 0.290. The van der Waals surface area contributed by atoms with Crippen LogP contribution >= 0.6 is 15.9 Å². The summed E-state index contributed by atoms with van der Waals surface area (Å²) >= 11 is 3.19. The Balaban J connectivity index is 3.07. The molecule has 15 heavy (non-hydrogen) atoms. The molecule has 80 valence electrons. The maximum absolute atomic E-state index is 11.0. The Morgan fingerprint density at radius 2 is 2.07 bits per heavy atom. The molecule has 0 radical (unpaired) electrons. The lowest BCUT2D eigenvalue weighted by Crippen LogP contribution is -2.25. The van der Waals surface area contributed by atoms with Crippen molar-refractivity contribution in [2.75, 3.05) is 12.4 Å². The lowest BCUT2D eigenvalue weighted by molar-refractivity contribution is 0.0698. The highest BCUT2D eigenvalue weighted by Gasteiger charge is 2.11. The maximum atomic E-state index is 11.0. The molecular weight excluding hydrogens is 264 g/mol. The van der Waals surface area contributed by atoms with E-state index in [2.05, 4.69) is 26.6 Å². The predicted molar refractivity (Wildman–Crippen MR) is 59.2 cm³/mol. The summed E-state index contributed by atoms with van der Waals surface area (Å²) in [6, 6.07) is 4.07. The van der Waals surface area contributed by atoms with Crippen LogP contribution in [0.2, 0.25) is 0 Å². The first-order valence-corrected chi connectivity index (χ1v) is 4.85. The largest absolute Gasteiger partial charge is 0.478 e. The van der Waals surface area contributed by atoms with Crippen molar-refractivity contribution in [2.45, 2.75) is 0 Å². The highest BCUT2D eigenvalue weighted by Crippen LogP contribution is 2.21. The van der Waals surface area contributed by atoms with E-state index in [1.807, 2.05) is 0 Å². The molecule has 5 nitrogen and oxygen atoms in total. The summed E-state index contributed by atoms with van der Waals surface area (Å²) in [5, 5.41) is 13.6. The average molecular weight is 273 g/mol. The molecule has 1 aromatic rings. The van der Waals surface area contributed by atoms with Crippen LogP contribution in [0, 0.1) is 0 Å². The quantitative estimate of drug-likeness (QED) is 0.770. The molecule has 0 aliphatic rings. The second-order valence-electron chi connectivity index (χ2n) is 2.70. The van der Waals surface area contributed by atoms with Gasteiger partial charge < -0.3 is 15.7 Å². The molecule has 6 heteroatoms. The van der Waals surface area contributed by atoms with Crippen LogP contribution in [-0.2, 0) is 0 Å². The predicted octanol–water partition coefficient (Wildman–Crippen LogP) is 1.90. The molecule has 0 spiro atoms. The number of rotatable bonds is 2. The minimum Gasteiger partial charge on any atom is -0.478 e. The Labute approximate surface area is 94.6 Å². The topological polar surface area (TPSA) is 78.4 Å².